The minimum absolute atomic E-state index is 0.0320. The average Bonchev–Trinajstić information content (AvgIpc) is 3.41. The largest absolute Gasteiger partial charge is 0.434 e. The molecule has 8 nitrogen and oxygen atoms in total. The van der Waals surface area contributed by atoms with E-state index in [1.807, 2.05) is 17.9 Å². The highest BCUT2D eigenvalue weighted by molar-refractivity contribution is 5.84. The van der Waals surface area contributed by atoms with E-state index in [1.54, 1.807) is 29.8 Å². The van der Waals surface area contributed by atoms with Gasteiger partial charge in [-0.1, -0.05) is 25.8 Å². The predicted octanol–water partition coefficient (Wildman–Crippen LogP) is 8.29. The van der Waals surface area contributed by atoms with Gasteiger partial charge in [0.1, 0.15) is 28.9 Å². The van der Waals surface area contributed by atoms with E-state index in [2.05, 4.69) is 21.3 Å². The van der Waals surface area contributed by atoms with Crippen molar-refractivity contribution in [3.05, 3.63) is 71.4 Å². The summed E-state index contributed by atoms with van der Waals surface area (Å²) < 4.78 is 65.5. The SMILES string of the molecule is CCN(Cc1cc(C(F)(F)F)c2oc(-c3cc(-c4ccc(F)cc4-c4nncn4C)cc(C4CC4)n3)nc2c1)CC1(C#N)CCCC1. The third kappa shape index (κ3) is 6.12. The molecule has 2 aromatic carbocycles. The number of halogens is 4. The van der Waals surface area contributed by atoms with Crippen molar-refractivity contribution in [2.75, 3.05) is 13.1 Å². The second kappa shape index (κ2) is 11.9. The van der Waals surface area contributed by atoms with Crippen molar-refractivity contribution in [3.63, 3.8) is 0 Å². The van der Waals surface area contributed by atoms with Crippen molar-refractivity contribution in [1.82, 2.24) is 29.6 Å². The molecule has 3 heterocycles. The summed E-state index contributed by atoms with van der Waals surface area (Å²) in [5, 5.41) is 18.0. The molecule has 2 aliphatic rings. The molecule has 2 aliphatic carbocycles. The first kappa shape index (κ1) is 31.0. The molecule has 2 saturated carbocycles. The Hall–Kier alpha value is -4.63. The monoisotopic (exact) mass is 643 g/mol. The molecule has 47 heavy (non-hydrogen) atoms. The molecular weight excluding hydrogens is 610 g/mol. The molecule has 5 aromatic rings. The first-order valence-corrected chi connectivity index (χ1v) is 15.9. The summed E-state index contributed by atoms with van der Waals surface area (Å²) in [6, 6.07) is 13.3. The number of rotatable bonds is 9. The second-order valence-electron chi connectivity index (χ2n) is 12.8. The maximum Gasteiger partial charge on any atom is 0.420 e. The Balaban J connectivity index is 1.31. The summed E-state index contributed by atoms with van der Waals surface area (Å²) >= 11 is 0. The number of hydrogen-bond donors (Lipinski definition) is 0. The molecule has 7 rings (SSSR count). The Labute approximate surface area is 269 Å². The minimum atomic E-state index is -4.69. The molecule has 0 amide bonds. The van der Waals surface area contributed by atoms with E-state index in [-0.39, 0.29) is 35.1 Å². The number of pyridine rings is 1. The van der Waals surface area contributed by atoms with Gasteiger partial charge in [-0.3, -0.25) is 4.90 Å². The van der Waals surface area contributed by atoms with Crippen LogP contribution in [0, 0.1) is 22.6 Å². The summed E-state index contributed by atoms with van der Waals surface area (Å²) in [5.74, 6) is 0.191. The summed E-state index contributed by atoms with van der Waals surface area (Å²) in [6.07, 6.45) is 2.28. The number of nitrogens with zero attached hydrogens (tertiary/aromatic N) is 7. The normalized spacial score (nSPS) is 16.3. The Bertz CT molecular complexity index is 2000. The number of fused-ring (bicyclic) bond motifs is 1. The fourth-order valence-corrected chi connectivity index (χ4v) is 6.71. The van der Waals surface area contributed by atoms with E-state index in [1.165, 1.54) is 18.5 Å². The highest BCUT2D eigenvalue weighted by atomic mass is 19.4. The van der Waals surface area contributed by atoms with Gasteiger partial charge in [0, 0.05) is 37.3 Å². The van der Waals surface area contributed by atoms with E-state index in [0.29, 0.717) is 41.2 Å². The zero-order valence-electron chi connectivity index (χ0n) is 26.1. The standard InChI is InChI=1S/C35H33F4N7O/c1-3-46(19-34(18-40)10-4-5-11-34)17-21-12-27(35(37,38)39)31-29(13-21)43-33(47-31)30-15-23(14-28(42-30)22-6-7-22)25-9-8-24(36)16-26(25)32-44-41-20-45(32)2/h8-9,12-16,20,22H,3-7,10-11,17,19H2,1-2H3. The predicted molar refractivity (Wildman–Crippen MR) is 167 cm³/mol. The van der Waals surface area contributed by atoms with Gasteiger partial charge in [-0.15, -0.1) is 10.2 Å². The molecular formula is C35H33F4N7O. The Morgan fingerprint density at radius 1 is 1.06 bits per heavy atom. The van der Waals surface area contributed by atoms with E-state index in [0.717, 1.165) is 50.3 Å². The molecule has 12 heteroatoms. The second-order valence-corrected chi connectivity index (χ2v) is 12.8. The highest BCUT2D eigenvalue weighted by Crippen LogP contribution is 2.44. The Morgan fingerprint density at radius 3 is 2.51 bits per heavy atom. The minimum Gasteiger partial charge on any atom is -0.434 e. The van der Waals surface area contributed by atoms with Gasteiger partial charge in [0.2, 0.25) is 5.89 Å². The summed E-state index contributed by atoms with van der Waals surface area (Å²) in [7, 11) is 1.76. The van der Waals surface area contributed by atoms with Crippen molar-refractivity contribution in [1.29, 1.82) is 5.26 Å². The molecule has 0 bridgehead atoms. The zero-order valence-corrected chi connectivity index (χ0v) is 26.1. The number of aryl methyl sites for hydroxylation is 1. The highest BCUT2D eigenvalue weighted by Gasteiger charge is 2.38. The van der Waals surface area contributed by atoms with Gasteiger partial charge in [0.05, 0.1) is 11.5 Å². The van der Waals surface area contributed by atoms with Gasteiger partial charge < -0.3 is 8.98 Å². The molecule has 0 unspecified atom stereocenters. The molecule has 242 valence electrons. The molecule has 0 saturated heterocycles. The molecule has 3 aromatic heterocycles. The number of benzene rings is 2. The quantitative estimate of drug-likeness (QED) is 0.149. The van der Waals surface area contributed by atoms with Crippen LogP contribution in [0.1, 0.15) is 68.2 Å². The van der Waals surface area contributed by atoms with Crippen LogP contribution in [0.15, 0.2) is 53.2 Å². The Kier molecular flexibility index (Phi) is 7.83. The van der Waals surface area contributed by atoms with E-state index in [9.17, 15) is 22.8 Å². The number of aromatic nitrogens is 5. The molecule has 0 aliphatic heterocycles. The summed E-state index contributed by atoms with van der Waals surface area (Å²) in [5.41, 5.74) is 1.71. The number of oxazole rings is 1. The van der Waals surface area contributed by atoms with E-state index in [4.69, 9.17) is 9.40 Å². The van der Waals surface area contributed by atoms with Crippen LogP contribution < -0.4 is 0 Å². The summed E-state index contributed by atoms with van der Waals surface area (Å²) in [6.45, 7) is 3.29. The van der Waals surface area contributed by atoms with Gasteiger partial charge >= 0.3 is 6.18 Å². The van der Waals surface area contributed by atoms with Crippen molar-refractivity contribution in [2.45, 2.75) is 64.1 Å². The lowest BCUT2D eigenvalue weighted by molar-refractivity contribution is -0.136. The first-order valence-electron chi connectivity index (χ1n) is 15.9. The average molecular weight is 644 g/mol. The van der Waals surface area contributed by atoms with Gasteiger partial charge in [0.25, 0.3) is 0 Å². The topological polar surface area (TPSA) is 96.7 Å². The van der Waals surface area contributed by atoms with Crippen LogP contribution in [0.3, 0.4) is 0 Å². The zero-order chi connectivity index (χ0) is 32.9. The maximum absolute atomic E-state index is 14.5. The number of nitriles is 1. The first-order chi connectivity index (χ1) is 22.6. The fraction of sp³-hybridized carbons (Fsp3) is 0.400. The van der Waals surface area contributed by atoms with E-state index < -0.39 is 23.0 Å². The molecule has 0 atom stereocenters. The van der Waals surface area contributed by atoms with Gasteiger partial charge in [-0.05, 0) is 85.3 Å². The molecule has 0 radical (unpaired) electrons. The van der Waals surface area contributed by atoms with Crippen molar-refractivity contribution >= 4 is 11.1 Å². The van der Waals surface area contributed by atoms with Crippen molar-refractivity contribution < 1.29 is 22.0 Å². The van der Waals surface area contributed by atoms with Crippen LogP contribution in [0.2, 0.25) is 0 Å². The van der Waals surface area contributed by atoms with Crippen molar-refractivity contribution in [2.24, 2.45) is 12.5 Å². The van der Waals surface area contributed by atoms with E-state index >= 15 is 0 Å². The Morgan fingerprint density at radius 2 is 1.85 bits per heavy atom. The molecule has 0 spiro atoms. The number of alkyl halides is 3. The molecule has 0 N–H and O–H groups in total. The number of hydrogen-bond acceptors (Lipinski definition) is 7. The lowest BCUT2D eigenvalue weighted by atomic mass is 9.87. The smallest absolute Gasteiger partial charge is 0.420 e. The lowest BCUT2D eigenvalue weighted by Gasteiger charge is -2.29. The van der Waals surface area contributed by atoms with Crippen LogP contribution in [-0.4, -0.2) is 42.7 Å². The lowest BCUT2D eigenvalue weighted by Crippen LogP contribution is -2.35. The fourth-order valence-electron chi connectivity index (χ4n) is 6.71. The van der Waals surface area contributed by atoms with Crippen LogP contribution >= 0.6 is 0 Å². The van der Waals surface area contributed by atoms with Gasteiger partial charge in [0.15, 0.2) is 11.4 Å². The van der Waals surface area contributed by atoms with Crippen molar-refractivity contribution in [3.8, 4) is 40.2 Å². The molecule has 2 fully saturated rings. The van der Waals surface area contributed by atoms with Crippen LogP contribution in [-0.2, 0) is 19.8 Å². The third-order valence-corrected chi connectivity index (χ3v) is 9.34. The maximum atomic E-state index is 14.5. The van der Waals surface area contributed by atoms with Crippen LogP contribution in [0.25, 0.3) is 45.2 Å². The third-order valence-electron chi connectivity index (χ3n) is 9.34. The summed E-state index contributed by atoms with van der Waals surface area (Å²) in [4.78, 5) is 11.4. The van der Waals surface area contributed by atoms with Gasteiger partial charge in [-0.25, -0.2) is 14.4 Å². The van der Waals surface area contributed by atoms with Crippen LogP contribution in [0.5, 0.6) is 0 Å². The van der Waals surface area contributed by atoms with Crippen LogP contribution in [0.4, 0.5) is 17.6 Å². The van der Waals surface area contributed by atoms with Gasteiger partial charge in [-0.2, -0.15) is 18.4 Å².